The van der Waals surface area contributed by atoms with Gasteiger partial charge in [0.1, 0.15) is 29.3 Å². The molecule has 1 aliphatic heterocycles. The van der Waals surface area contributed by atoms with Crippen molar-refractivity contribution in [2.24, 2.45) is 5.41 Å². The number of halogens is 4. The Morgan fingerprint density at radius 2 is 1.54 bits per heavy atom. The summed E-state index contributed by atoms with van der Waals surface area (Å²) in [5, 5.41) is 23.5. The van der Waals surface area contributed by atoms with Gasteiger partial charge in [0, 0.05) is 49.6 Å². The van der Waals surface area contributed by atoms with Crippen LogP contribution < -0.4 is 31.3 Å². The van der Waals surface area contributed by atoms with Gasteiger partial charge in [0.25, 0.3) is 5.91 Å². The van der Waals surface area contributed by atoms with E-state index in [0.717, 1.165) is 33.8 Å². The largest absolute Gasteiger partial charge is 0.457 e. The highest BCUT2D eigenvalue weighted by molar-refractivity contribution is 7.13. The van der Waals surface area contributed by atoms with E-state index in [1.54, 1.807) is 22.9 Å². The van der Waals surface area contributed by atoms with Crippen LogP contribution in [-0.2, 0) is 30.0 Å². The SMILES string of the molecule is Cc1ncsc1-c1ccc([C@H](C)NC(=O)[C@H]2C[C@H](O)CN2C(=O)[C@H](NC(=O)CCOCCOCCNC(=O)c2cc(Oc3ccc(NC(=O)Nc4ccc(Cl)c(C(F)(F)F)c4)cc3)ccn2)C(C)(C)C)cc1. The Labute approximate surface area is 423 Å². The number of urea groups is 1. The summed E-state index contributed by atoms with van der Waals surface area (Å²) in [4.78, 5) is 76.8. The van der Waals surface area contributed by atoms with Crippen molar-refractivity contribution in [3.8, 4) is 21.9 Å². The van der Waals surface area contributed by atoms with Crippen LogP contribution in [0.3, 0.4) is 0 Å². The molecule has 0 unspecified atom stereocenters. The Bertz CT molecular complexity index is 2690. The summed E-state index contributed by atoms with van der Waals surface area (Å²) in [5.41, 5.74) is 3.12. The predicted molar refractivity (Wildman–Crippen MR) is 265 cm³/mol. The molecule has 22 heteroatoms. The molecule has 3 aromatic carbocycles. The first-order valence-electron chi connectivity index (χ1n) is 22.9. The molecule has 6 N–H and O–H groups in total. The number of alkyl halides is 3. The molecule has 1 fully saturated rings. The number of carbonyl (C=O) groups excluding carboxylic acids is 5. The maximum Gasteiger partial charge on any atom is 0.417 e. The van der Waals surface area contributed by atoms with Gasteiger partial charge in [-0.25, -0.2) is 9.78 Å². The summed E-state index contributed by atoms with van der Waals surface area (Å²) in [5.74, 6) is -1.13. The van der Waals surface area contributed by atoms with Gasteiger partial charge in [-0.1, -0.05) is 56.6 Å². The van der Waals surface area contributed by atoms with E-state index in [0.29, 0.717) is 17.2 Å². The molecule has 0 saturated carbocycles. The number of thiazole rings is 1. The second kappa shape index (κ2) is 24.7. The summed E-state index contributed by atoms with van der Waals surface area (Å²) < 4.78 is 56.5. The number of carbonyl (C=O) groups is 5. The number of anilines is 2. The molecular weight excluding hydrogens is 981 g/mol. The van der Waals surface area contributed by atoms with Gasteiger partial charge in [-0.05, 0) is 78.9 Å². The van der Waals surface area contributed by atoms with Crippen LogP contribution in [0.4, 0.5) is 29.3 Å². The number of hydrogen-bond donors (Lipinski definition) is 6. The maximum absolute atomic E-state index is 14.0. The van der Waals surface area contributed by atoms with Crippen LogP contribution in [-0.4, -0.2) is 107 Å². The number of benzene rings is 3. The Morgan fingerprint density at radius 1 is 0.861 bits per heavy atom. The molecule has 6 rings (SSSR count). The van der Waals surface area contributed by atoms with Crippen LogP contribution in [0.5, 0.6) is 11.5 Å². The summed E-state index contributed by atoms with van der Waals surface area (Å²) in [7, 11) is 0. The van der Waals surface area contributed by atoms with Crippen molar-refractivity contribution >= 4 is 64.0 Å². The molecule has 1 aliphatic rings. The van der Waals surface area contributed by atoms with Crippen molar-refractivity contribution < 1.29 is 56.5 Å². The Balaban J connectivity index is 0.864. The Morgan fingerprint density at radius 3 is 2.21 bits per heavy atom. The number of pyridine rings is 1. The molecule has 4 atom stereocenters. The van der Waals surface area contributed by atoms with Crippen molar-refractivity contribution in [2.75, 3.05) is 50.2 Å². The fourth-order valence-electron chi connectivity index (χ4n) is 7.52. The van der Waals surface area contributed by atoms with Crippen LogP contribution in [0, 0.1) is 12.3 Å². The van der Waals surface area contributed by atoms with Gasteiger partial charge in [0.15, 0.2) is 0 Å². The lowest BCUT2D eigenvalue weighted by Gasteiger charge is -2.35. The third-order valence-electron chi connectivity index (χ3n) is 11.3. The first-order chi connectivity index (χ1) is 34.2. The van der Waals surface area contributed by atoms with E-state index in [-0.39, 0.29) is 69.8 Å². The fraction of sp³-hybridized carbons (Fsp3) is 0.380. The number of likely N-dealkylation sites (tertiary alicyclic amines) is 1. The first-order valence-corrected chi connectivity index (χ1v) is 24.1. The predicted octanol–water partition coefficient (Wildman–Crippen LogP) is 8.15. The number of amides is 6. The smallest absolute Gasteiger partial charge is 0.417 e. The molecule has 0 radical (unpaired) electrons. The molecule has 17 nitrogen and oxygen atoms in total. The zero-order valence-electron chi connectivity index (χ0n) is 40.1. The maximum atomic E-state index is 14.0. The van der Waals surface area contributed by atoms with E-state index in [9.17, 15) is 42.3 Å². The number of nitrogens with zero attached hydrogens (tertiary/aromatic N) is 3. The molecule has 0 spiro atoms. The van der Waals surface area contributed by atoms with Crippen LogP contribution in [0.25, 0.3) is 10.4 Å². The van der Waals surface area contributed by atoms with Crippen molar-refractivity contribution in [1.82, 2.24) is 30.8 Å². The summed E-state index contributed by atoms with van der Waals surface area (Å²) in [6, 6.07) is 16.8. The number of aliphatic hydroxyl groups is 1. The molecule has 0 aliphatic carbocycles. The Hall–Kier alpha value is -6.65. The van der Waals surface area contributed by atoms with Gasteiger partial charge in [-0.2, -0.15) is 13.2 Å². The lowest BCUT2D eigenvalue weighted by molar-refractivity contribution is -0.144. The molecular formula is C50H56ClF3N8O9S. The number of rotatable bonds is 20. The zero-order chi connectivity index (χ0) is 52.2. The van der Waals surface area contributed by atoms with Gasteiger partial charge in [0.2, 0.25) is 17.7 Å². The second-order valence-electron chi connectivity index (χ2n) is 17.9. The van der Waals surface area contributed by atoms with Gasteiger partial charge in [-0.3, -0.25) is 24.2 Å². The molecule has 2 aromatic heterocycles. The third kappa shape index (κ3) is 15.4. The lowest BCUT2D eigenvalue weighted by Crippen LogP contribution is -2.58. The van der Waals surface area contributed by atoms with Gasteiger partial charge in [-0.15, -0.1) is 11.3 Å². The number of aromatic nitrogens is 2. The van der Waals surface area contributed by atoms with E-state index >= 15 is 0 Å². The van der Waals surface area contributed by atoms with Crippen molar-refractivity contribution in [2.45, 2.75) is 77.9 Å². The van der Waals surface area contributed by atoms with E-state index in [1.807, 2.05) is 58.9 Å². The first kappa shape index (κ1) is 54.7. The van der Waals surface area contributed by atoms with Gasteiger partial charge < -0.3 is 50.8 Å². The summed E-state index contributed by atoms with van der Waals surface area (Å²) in [6.45, 7) is 9.84. The number of aryl methyl sites for hydroxylation is 1. The highest BCUT2D eigenvalue weighted by Crippen LogP contribution is 2.36. The summed E-state index contributed by atoms with van der Waals surface area (Å²) >= 11 is 7.20. The summed E-state index contributed by atoms with van der Waals surface area (Å²) in [6.07, 6.45) is -4.20. The van der Waals surface area contributed by atoms with E-state index in [2.05, 4.69) is 36.6 Å². The number of nitrogens with one attached hydrogen (secondary N) is 5. The standard InChI is InChI=1S/C50H56ClF3N8O9S/c1-29(31-6-8-32(9-7-31)43-30(2)57-28-72-43)58-46(66)41-25-35(63)27-62(41)47(67)44(49(3,4)5)61-42(64)17-20-69-22-23-70-21-19-56-45(65)40-26-37(16-18-55-40)71-36-13-10-33(11-14-36)59-48(68)60-34-12-15-39(51)38(24-34)50(52,53)54/h6-16,18,24,26,28-29,35,41,44,63H,17,19-23,25,27H2,1-5H3,(H,56,65)(H,58,66)(H,61,64)(H2,59,60,68)/t29-,35-,41+,44-/m0/s1. The van der Waals surface area contributed by atoms with Crippen LogP contribution >= 0.6 is 22.9 Å². The molecule has 384 valence electrons. The highest BCUT2D eigenvalue weighted by Gasteiger charge is 2.44. The van der Waals surface area contributed by atoms with Crippen molar-refractivity contribution in [3.05, 3.63) is 118 Å². The van der Waals surface area contributed by atoms with Gasteiger partial charge >= 0.3 is 12.2 Å². The minimum absolute atomic E-state index is 0.0398. The van der Waals surface area contributed by atoms with Crippen molar-refractivity contribution in [3.63, 3.8) is 0 Å². The van der Waals surface area contributed by atoms with E-state index in [1.165, 1.54) is 47.5 Å². The molecule has 1 saturated heterocycles. The van der Waals surface area contributed by atoms with E-state index in [4.69, 9.17) is 25.8 Å². The normalized spacial score (nSPS) is 15.6. The monoisotopic (exact) mass is 1040 g/mol. The average Bonchev–Trinajstić information content (AvgIpc) is 3.95. The average molecular weight is 1040 g/mol. The number of β-amino-alcohol motifs (C(OH)–C–C–N with tert-alkyl or cyclic N) is 1. The molecule has 6 amide bonds. The molecule has 0 bridgehead atoms. The van der Waals surface area contributed by atoms with E-state index < -0.39 is 70.0 Å². The van der Waals surface area contributed by atoms with Crippen molar-refractivity contribution in [1.29, 1.82) is 0 Å². The van der Waals surface area contributed by atoms with Crippen LogP contribution in [0.15, 0.2) is 90.6 Å². The number of ether oxygens (including phenoxy) is 3. The third-order valence-corrected chi connectivity index (χ3v) is 12.6. The fourth-order valence-corrected chi connectivity index (χ4v) is 8.55. The minimum Gasteiger partial charge on any atom is -0.457 e. The second-order valence-corrected chi connectivity index (χ2v) is 19.1. The minimum atomic E-state index is -4.69. The Kier molecular flexibility index (Phi) is 18.7. The highest BCUT2D eigenvalue weighted by atomic mass is 35.5. The van der Waals surface area contributed by atoms with Gasteiger partial charge in [0.05, 0.1) is 65.2 Å². The number of hydrogen-bond acceptors (Lipinski definition) is 12. The quantitative estimate of drug-likeness (QED) is 0.0408. The number of aliphatic hydroxyl groups excluding tert-OH is 1. The zero-order valence-corrected chi connectivity index (χ0v) is 41.7. The molecule has 3 heterocycles. The molecule has 5 aromatic rings. The topological polar surface area (TPSA) is 222 Å². The van der Waals surface area contributed by atoms with Crippen LogP contribution in [0.1, 0.15) is 73.9 Å². The molecule has 72 heavy (non-hydrogen) atoms. The lowest BCUT2D eigenvalue weighted by atomic mass is 9.85. The van der Waals surface area contributed by atoms with Crippen LogP contribution in [0.2, 0.25) is 5.02 Å².